The zero-order chi connectivity index (χ0) is 22.6. The summed E-state index contributed by atoms with van der Waals surface area (Å²) in [4.78, 5) is 17.2. The van der Waals surface area contributed by atoms with Crippen molar-refractivity contribution in [1.82, 2.24) is 4.90 Å². The third-order valence-corrected chi connectivity index (χ3v) is 6.44. The van der Waals surface area contributed by atoms with E-state index in [1.54, 1.807) is 12.1 Å². The Bertz CT molecular complexity index is 1140. The number of carbonyl (C=O) groups is 1. The standard InChI is InChI=1S/C28H28N2O3/c31-25-10-11-26-23(20-25)12-15-30(24-4-2-1-3-5-24)28(26)22-8-6-21(7-9-22)27(32)13-14-29-16-18-33-19-17-29/h1-11,13-14,20,28,31H,12,15-19H2. The van der Waals surface area contributed by atoms with Gasteiger partial charge in [-0.05, 0) is 47.4 Å². The molecule has 168 valence electrons. The maximum Gasteiger partial charge on any atom is 0.187 e. The molecule has 33 heavy (non-hydrogen) atoms. The van der Waals surface area contributed by atoms with E-state index in [-0.39, 0.29) is 11.8 Å². The molecule has 5 rings (SSSR count). The molecule has 3 aromatic carbocycles. The van der Waals surface area contributed by atoms with E-state index in [1.807, 2.05) is 36.5 Å². The predicted octanol–water partition coefficient (Wildman–Crippen LogP) is 4.57. The summed E-state index contributed by atoms with van der Waals surface area (Å²) < 4.78 is 5.36. The summed E-state index contributed by atoms with van der Waals surface area (Å²) in [6.45, 7) is 3.88. The maximum absolute atomic E-state index is 12.7. The maximum atomic E-state index is 12.7. The summed E-state index contributed by atoms with van der Waals surface area (Å²) in [5.41, 5.74) is 5.32. The van der Waals surface area contributed by atoms with Crippen LogP contribution in [0.4, 0.5) is 5.69 Å². The number of ether oxygens (including phenoxy) is 1. The number of morpholine rings is 1. The van der Waals surface area contributed by atoms with Crippen molar-refractivity contribution in [2.75, 3.05) is 37.7 Å². The van der Waals surface area contributed by atoms with Gasteiger partial charge in [-0.25, -0.2) is 0 Å². The number of hydrogen-bond donors (Lipinski definition) is 1. The summed E-state index contributed by atoms with van der Waals surface area (Å²) >= 11 is 0. The van der Waals surface area contributed by atoms with Gasteiger partial charge in [0.25, 0.3) is 0 Å². The van der Waals surface area contributed by atoms with Gasteiger partial charge in [-0.3, -0.25) is 4.79 Å². The van der Waals surface area contributed by atoms with Crippen LogP contribution in [0.5, 0.6) is 5.75 Å². The number of anilines is 1. The van der Waals surface area contributed by atoms with E-state index < -0.39 is 0 Å². The molecule has 2 aliphatic heterocycles. The van der Waals surface area contributed by atoms with Crippen LogP contribution in [0, 0.1) is 0 Å². The topological polar surface area (TPSA) is 53.0 Å². The van der Waals surface area contributed by atoms with Crippen LogP contribution in [0.3, 0.4) is 0 Å². The molecule has 1 unspecified atom stereocenters. The molecule has 1 N–H and O–H groups in total. The highest BCUT2D eigenvalue weighted by molar-refractivity contribution is 6.04. The molecule has 0 aromatic heterocycles. The van der Waals surface area contributed by atoms with Crippen LogP contribution in [0.25, 0.3) is 0 Å². The third-order valence-electron chi connectivity index (χ3n) is 6.44. The molecule has 0 aliphatic carbocycles. The van der Waals surface area contributed by atoms with Gasteiger partial charge in [-0.15, -0.1) is 0 Å². The number of phenols is 1. The van der Waals surface area contributed by atoms with E-state index in [9.17, 15) is 9.90 Å². The number of ketones is 1. The molecule has 0 amide bonds. The minimum Gasteiger partial charge on any atom is -0.508 e. The molecular weight excluding hydrogens is 412 g/mol. The number of nitrogens with zero attached hydrogens (tertiary/aromatic N) is 2. The minimum absolute atomic E-state index is 0.00178. The molecule has 1 fully saturated rings. The van der Waals surface area contributed by atoms with Gasteiger partial charge in [-0.2, -0.15) is 0 Å². The Kier molecular flexibility index (Phi) is 6.13. The number of aromatic hydroxyl groups is 1. The molecule has 3 aromatic rings. The van der Waals surface area contributed by atoms with Gasteiger partial charge in [0.1, 0.15) is 5.75 Å². The Hall–Kier alpha value is -3.57. The normalized spacial score (nSPS) is 18.4. The number of fused-ring (bicyclic) bond motifs is 1. The van der Waals surface area contributed by atoms with E-state index in [0.717, 1.165) is 37.3 Å². The van der Waals surface area contributed by atoms with Crippen LogP contribution in [-0.2, 0) is 11.2 Å². The van der Waals surface area contributed by atoms with E-state index in [4.69, 9.17) is 4.74 Å². The Morgan fingerprint density at radius 2 is 1.70 bits per heavy atom. The van der Waals surface area contributed by atoms with Crippen LogP contribution in [0.1, 0.15) is 33.1 Å². The molecule has 1 atom stereocenters. The number of hydrogen-bond acceptors (Lipinski definition) is 5. The van der Waals surface area contributed by atoms with Gasteiger partial charge >= 0.3 is 0 Å². The van der Waals surface area contributed by atoms with Crippen molar-refractivity contribution in [2.24, 2.45) is 0 Å². The SMILES string of the molecule is O=C(C=CN1CCOCC1)c1ccc(C2c3ccc(O)cc3CCN2c2ccccc2)cc1. The molecule has 2 aliphatic rings. The average Bonchev–Trinajstić information content (AvgIpc) is 2.87. The first-order valence-electron chi connectivity index (χ1n) is 11.5. The molecule has 0 bridgehead atoms. The zero-order valence-corrected chi connectivity index (χ0v) is 18.6. The molecule has 0 saturated carbocycles. The lowest BCUT2D eigenvalue weighted by molar-refractivity contribution is 0.0591. The predicted molar refractivity (Wildman–Crippen MR) is 130 cm³/mol. The Balaban J connectivity index is 1.43. The van der Waals surface area contributed by atoms with E-state index >= 15 is 0 Å². The van der Waals surface area contributed by atoms with Crippen molar-refractivity contribution in [2.45, 2.75) is 12.5 Å². The highest BCUT2D eigenvalue weighted by Gasteiger charge is 2.29. The summed E-state index contributed by atoms with van der Waals surface area (Å²) in [5, 5.41) is 10.0. The average molecular weight is 441 g/mol. The highest BCUT2D eigenvalue weighted by Crippen LogP contribution is 2.39. The summed E-state index contributed by atoms with van der Waals surface area (Å²) in [6, 6.07) is 24.0. The van der Waals surface area contributed by atoms with Crippen LogP contribution >= 0.6 is 0 Å². The fourth-order valence-electron chi connectivity index (χ4n) is 4.70. The molecule has 1 saturated heterocycles. The van der Waals surface area contributed by atoms with E-state index in [1.165, 1.54) is 11.1 Å². The summed E-state index contributed by atoms with van der Waals surface area (Å²) in [6.07, 6.45) is 4.40. The lowest BCUT2D eigenvalue weighted by Crippen LogP contribution is -2.36. The number of para-hydroxylation sites is 1. The largest absolute Gasteiger partial charge is 0.508 e. The first kappa shape index (κ1) is 21.3. The number of rotatable bonds is 5. The van der Waals surface area contributed by atoms with Gasteiger partial charge in [0.05, 0.1) is 19.3 Å². The van der Waals surface area contributed by atoms with Crippen molar-refractivity contribution in [3.8, 4) is 5.75 Å². The monoisotopic (exact) mass is 440 g/mol. The fourth-order valence-corrected chi connectivity index (χ4v) is 4.70. The minimum atomic E-state index is 0.00178. The zero-order valence-electron chi connectivity index (χ0n) is 18.6. The molecule has 5 nitrogen and oxygen atoms in total. The quantitative estimate of drug-likeness (QED) is 0.465. The van der Waals surface area contributed by atoms with E-state index in [2.05, 4.69) is 46.2 Å². The highest BCUT2D eigenvalue weighted by atomic mass is 16.5. The molecule has 5 heteroatoms. The Labute approximate surface area is 194 Å². The second kappa shape index (κ2) is 9.51. The van der Waals surface area contributed by atoms with E-state index in [0.29, 0.717) is 24.5 Å². The Morgan fingerprint density at radius 3 is 2.45 bits per heavy atom. The van der Waals surface area contributed by atoms with Gasteiger partial charge in [0.15, 0.2) is 5.78 Å². The number of carbonyl (C=O) groups excluding carboxylic acids is 1. The van der Waals surface area contributed by atoms with Crippen LogP contribution in [-0.4, -0.2) is 48.6 Å². The van der Waals surface area contributed by atoms with Crippen molar-refractivity contribution in [3.63, 3.8) is 0 Å². The smallest absolute Gasteiger partial charge is 0.187 e. The summed E-state index contributed by atoms with van der Waals surface area (Å²) in [7, 11) is 0. The number of benzene rings is 3. The second-order valence-electron chi connectivity index (χ2n) is 8.51. The Morgan fingerprint density at radius 1 is 0.939 bits per heavy atom. The lowest BCUT2D eigenvalue weighted by atomic mass is 9.87. The van der Waals surface area contributed by atoms with Gasteiger partial charge in [0.2, 0.25) is 0 Å². The van der Waals surface area contributed by atoms with Crippen LogP contribution in [0.15, 0.2) is 85.1 Å². The van der Waals surface area contributed by atoms with Crippen molar-refractivity contribution in [3.05, 3.63) is 107 Å². The van der Waals surface area contributed by atoms with Crippen molar-refractivity contribution in [1.29, 1.82) is 0 Å². The fraction of sp³-hybridized carbons (Fsp3) is 0.250. The van der Waals surface area contributed by atoms with Crippen molar-refractivity contribution < 1.29 is 14.6 Å². The molecule has 0 radical (unpaired) electrons. The number of allylic oxidation sites excluding steroid dienone is 1. The molecule has 0 spiro atoms. The first-order chi connectivity index (χ1) is 16.2. The first-order valence-corrected chi connectivity index (χ1v) is 11.5. The van der Waals surface area contributed by atoms with Crippen LogP contribution in [0.2, 0.25) is 0 Å². The lowest BCUT2D eigenvalue weighted by Gasteiger charge is -2.39. The van der Waals surface area contributed by atoms with Crippen LogP contribution < -0.4 is 4.90 Å². The summed E-state index contributed by atoms with van der Waals surface area (Å²) in [5.74, 6) is 0.301. The number of phenolic OH excluding ortho intramolecular Hbond substituents is 1. The van der Waals surface area contributed by atoms with Gasteiger partial charge < -0.3 is 19.6 Å². The molecule has 2 heterocycles. The van der Waals surface area contributed by atoms with Crippen molar-refractivity contribution >= 4 is 11.5 Å². The molecular formula is C28H28N2O3. The van der Waals surface area contributed by atoms with Gasteiger partial charge in [0, 0.05) is 43.2 Å². The second-order valence-corrected chi connectivity index (χ2v) is 8.51. The third kappa shape index (κ3) is 4.64. The van der Waals surface area contributed by atoms with Gasteiger partial charge in [-0.1, -0.05) is 48.5 Å².